The van der Waals surface area contributed by atoms with Gasteiger partial charge >= 0.3 is 0 Å². The summed E-state index contributed by atoms with van der Waals surface area (Å²) < 4.78 is 11.9. The number of benzene rings is 1. The molecule has 1 aromatic rings. The zero-order valence-corrected chi connectivity index (χ0v) is 12.2. The number of nitrogens with two attached hydrogens (primary N) is 1. The summed E-state index contributed by atoms with van der Waals surface area (Å²) in [5, 5.41) is 0. The lowest BCUT2D eigenvalue weighted by Crippen LogP contribution is -2.18. The van der Waals surface area contributed by atoms with E-state index < -0.39 is 0 Å². The van der Waals surface area contributed by atoms with Crippen molar-refractivity contribution in [2.75, 3.05) is 13.7 Å². The molecule has 0 saturated carbocycles. The molecule has 0 bridgehead atoms. The Kier molecular flexibility index (Phi) is 5.95. The Hall–Kier alpha value is -0.580. The minimum Gasteiger partial charge on any atom is -0.491 e. The van der Waals surface area contributed by atoms with Crippen molar-refractivity contribution in [1.29, 1.82) is 0 Å². The van der Waals surface area contributed by atoms with Crippen LogP contribution in [0.2, 0.25) is 0 Å². The van der Waals surface area contributed by atoms with Crippen LogP contribution in [-0.4, -0.2) is 25.9 Å². The molecule has 0 amide bonds. The number of methoxy groups -OCH3 is 1. The lowest BCUT2D eigenvalue weighted by Gasteiger charge is -2.14. The number of hydrogen-bond donors (Lipinski definition) is 1. The van der Waals surface area contributed by atoms with E-state index in [4.69, 9.17) is 15.2 Å². The van der Waals surface area contributed by atoms with Gasteiger partial charge in [-0.25, -0.2) is 0 Å². The van der Waals surface area contributed by atoms with Crippen LogP contribution < -0.4 is 10.5 Å². The van der Waals surface area contributed by atoms with Crippen molar-refractivity contribution in [3.8, 4) is 5.75 Å². The van der Waals surface area contributed by atoms with Crippen molar-refractivity contribution >= 4 is 15.9 Å². The maximum absolute atomic E-state index is 5.81. The van der Waals surface area contributed by atoms with Crippen molar-refractivity contribution in [2.24, 2.45) is 5.73 Å². The van der Waals surface area contributed by atoms with Gasteiger partial charge < -0.3 is 15.2 Å². The fourth-order valence-corrected chi connectivity index (χ4v) is 1.83. The first-order valence-electron chi connectivity index (χ1n) is 5.72. The van der Waals surface area contributed by atoms with E-state index in [2.05, 4.69) is 15.9 Å². The van der Waals surface area contributed by atoms with Gasteiger partial charge in [0.25, 0.3) is 0 Å². The van der Waals surface area contributed by atoms with E-state index in [1.165, 1.54) is 5.56 Å². The summed E-state index contributed by atoms with van der Waals surface area (Å²) >= 11 is 3.52. The molecule has 4 heteroatoms. The molecule has 0 saturated heterocycles. The van der Waals surface area contributed by atoms with Gasteiger partial charge in [0.15, 0.2) is 0 Å². The van der Waals surface area contributed by atoms with E-state index in [9.17, 15) is 0 Å². The summed E-state index contributed by atoms with van der Waals surface area (Å²) in [5.74, 6) is 0.854. The summed E-state index contributed by atoms with van der Waals surface area (Å²) in [4.78, 5) is 0. The Morgan fingerprint density at radius 1 is 1.35 bits per heavy atom. The third kappa shape index (κ3) is 5.06. The molecule has 1 aromatic carbocycles. The summed E-state index contributed by atoms with van der Waals surface area (Å²) in [5.41, 5.74) is 6.97. The van der Waals surface area contributed by atoms with Crippen LogP contribution in [0.4, 0.5) is 0 Å². The summed E-state index contributed by atoms with van der Waals surface area (Å²) in [6.07, 6.45) is 0.924. The first kappa shape index (κ1) is 14.5. The van der Waals surface area contributed by atoms with E-state index in [-0.39, 0.29) is 12.1 Å². The van der Waals surface area contributed by atoms with Crippen LogP contribution in [0.15, 0.2) is 22.7 Å². The molecule has 2 atom stereocenters. The van der Waals surface area contributed by atoms with Gasteiger partial charge in [-0.05, 0) is 44.0 Å². The molecule has 0 aliphatic rings. The van der Waals surface area contributed by atoms with Gasteiger partial charge in [-0.3, -0.25) is 0 Å². The predicted octanol–water partition coefficient (Wildman–Crippen LogP) is 2.75. The molecule has 2 N–H and O–H groups in total. The largest absolute Gasteiger partial charge is 0.491 e. The Morgan fingerprint density at radius 2 is 2.06 bits per heavy atom. The van der Waals surface area contributed by atoms with Crippen molar-refractivity contribution < 1.29 is 9.47 Å². The lowest BCUT2D eigenvalue weighted by atomic mass is 10.1. The van der Waals surface area contributed by atoms with Crippen molar-refractivity contribution in [1.82, 2.24) is 0 Å². The molecular formula is C13H20BrNO2. The normalized spacial score (nSPS) is 14.4. The lowest BCUT2D eigenvalue weighted by molar-refractivity contribution is 0.0716. The van der Waals surface area contributed by atoms with Gasteiger partial charge in [-0.15, -0.1) is 0 Å². The number of ether oxygens (including phenoxy) is 2. The van der Waals surface area contributed by atoms with Gasteiger partial charge in [0.1, 0.15) is 12.4 Å². The molecule has 0 aliphatic heterocycles. The van der Waals surface area contributed by atoms with Crippen molar-refractivity contribution in [3.63, 3.8) is 0 Å². The number of halogens is 1. The highest BCUT2D eigenvalue weighted by Gasteiger charge is 2.06. The second kappa shape index (κ2) is 6.99. The SMILES string of the molecule is COC(C)COc1ccc(Br)c(CC(C)N)c1. The van der Waals surface area contributed by atoms with E-state index in [1.807, 2.05) is 32.0 Å². The van der Waals surface area contributed by atoms with Crippen LogP contribution >= 0.6 is 15.9 Å². The monoisotopic (exact) mass is 301 g/mol. The average molecular weight is 302 g/mol. The Morgan fingerprint density at radius 3 is 2.65 bits per heavy atom. The van der Waals surface area contributed by atoms with Crippen molar-refractivity contribution in [3.05, 3.63) is 28.2 Å². The highest BCUT2D eigenvalue weighted by Crippen LogP contribution is 2.23. The third-order valence-electron chi connectivity index (χ3n) is 2.45. The summed E-state index contributed by atoms with van der Waals surface area (Å²) in [6, 6.07) is 6.09. The minimum absolute atomic E-state index is 0.0931. The molecule has 2 unspecified atom stereocenters. The Labute approximate surface area is 111 Å². The first-order valence-corrected chi connectivity index (χ1v) is 6.51. The van der Waals surface area contributed by atoms with Gasteiger partial charge in [0, 0.05) is 17.6 Å². The first-order chi connectivity index (χ1) is 8.02. The highest BCUT2D eigenvalue weighted by molar-refractivity contribution is 9.10. The molecule has 96 valence electrons. The van der Waals surface area contributed by atoms with Crippen LogP contribution in [0.5, 0.6) is 5.75 Å². The van der Waals surface area contributed by atoms with Crippen molar-refractivity contribution in [2.45, 2.75) is 32.4 Å². The Bertz CT molecular complexity index is 355. The quantitative estimate of drug-likeness (QED) is 0.879. The van der Waals surface area contributed by atoms with Crippen LogP contribution in [0, 0.1) is 0 Å². The third-order valence-corrected chi connectivity index (χ3v) is 3.22. The molecule has 1 rings (SSSR count). The van der Waals surface area contributed by atoms with Gasteiger partial charge in [0.2, 0.25) is 0 Å². The smallest absolute Gasteiger partial charge is 0.119 e. The zero-order valence-electron chi connectivity index (χ0n) is 10.6. The molecule has 17 heavy (non-hydrogen) atoms. The zero-order chi connectivity index (χ0) is 12.8. The second-order valence-electron chi connectivity index (χ2n) is 4.29. The van der Waals surface area contributed by atoms with Crippen LogP contribution in [0.3, 0.4) is 0 Å². The average Bonchev–Trinajstić information content (AvgIpc) is 2.29. The highest BCUT2D eigenvalue weighted by atomic mass is 79.9. The predicted molar refractivity (Wildman–Crippen MR) is 73.5 cm³/mol. The molecule has 0 aliphatic carbocycles. The van der Waals surface area contributed by atoms with E-state index in [1.54, 1.807) is 7.11 Å². The second-order valence-corrected chi connectivity index (χ2v) is 5.15. The van der Waals surface area contributed by atoms with Crippen LogP contribution in [-0.2, 0) is 11.2 Å². The fraction of sp³-hybridized carbons (Fsp3) is 0.538. The molecular weight excluding hydrogens is 282 g/mol. The summed E-state index contributed by atoms with van der Waals surface area (Å²) in [6.45, 7) is 4.52. The maximum atomic E-state index is 5.81. The molecule has 0 heterocycles. The minimum atomic E-state index is 0.0931. The molecule has 0 fully saturated rings. The topological polar surface area (TPSA) is 44.5 Å². The fourth-order valence-electron chi connectivity index (χ4n) is 1.43. The maximum Gasteiger partial charge on any atom is 0.119 e. The summed E-state index contributed by atoms with van der Waals surface area (Å²) in [7, 11) is 1.68. The number of hydrogen-bond acceptors (Lipinski definition) is 3. The van der Waals surface area contributed by atoms with Gasteiger partial charge in [-0.1, -0.05) is 15.9 Å². The standard InChI is InChI=1S/C13H20BrNO2/c1-9(15)6-11-7-12(4-5-13(11)14)17-8-10(2)16-3/h4-5,7,9-10H,6,8,15H2,1-3H3. The molecule has 0 spiro atoms. The Balaban J connectivity index is 2.67. The van der Waals surface area contributed by atoms with Crippen LogP contribution in [0.1, 0.15) is 19.4 Å². The van der Waals surface area contributed by atoms with E-state index in [0.717, 1.165) is 16.6 Å². The van der Waals surface area contributed by atoms with Gasteiger partial charge in [-0.2, -0.15) is 0 Å². The van der Waals surface area contributed by atoms with E-state index in [0.29, 0.717) is 6.61 Å². The molecule has 0 aromatic heterocycles. The van der Waals surface area contributed by atoms with E-state index >= 15 is 0 Å². The van der Waals surface area contributed by atoms with Gasteiger partial charge in [0.05, 0.1) is 6.10 Å². The van der Waals surface area contributed by atoms with Crippen LogP contribution in [0.25, 0.3) is 0 Å². The number of rotatable bonds is 6. The molecule has 3 nitrogen and oxygen atoms in total. The molecule has 0 radical (unpaired) electrons.